The van der Waals surface area contributed by atoms with E-state index in [1.807, 2.05) is 13.8 Å². The maximum Gasteiger partial charge on any atom is 0.240 e. The van der Waals surface area contributed by atoms with Crippen molar-refractivity contribution in [2.45, 2.75) is 31.6 Å². The van der Waals surface area contributed by atoms with E-state index in [9.17, 15) is 8.42 Å². The first kappa shape index (κ1) is 16.8. The second-order valence-electron chi connectivity index (χ2n) is 5.24. The molecule has 0 fully saturated rings. The predicted octanol–water partition coefficient (Wildman–Crippen LogP) is 3.66. The number of hydrogen-bond donors (Lipinski definition) is 1. The summed E-state index contributed by atoms with van der Waals surface area (Å²) in [6, 6.07) is 6.23. The molecule has 3 nitrogen and oxygen atoms in total. The third-order valence-corrected chi connectivity index (χ3v) is 4.74. The van der Waals surface area contributed by atoms with Crippen LogP contribution in [0.3, 0.4) is 0 Å². The SMILES string of the molecule is CC(C)(CCCCl)CNS(=O)(=O)c1cccc(Cl)c1. The van der Waals surface area contributed by atoms with Crippen molar-refractivity contribution < 1.29 is 8.42 Å². The number of hydrogen-bond acceptors (Lipinski definition) is 2. The number of benzene rings is 1. The van der Waals surface area contributed by atoms with Gasteiger partial charge >= 0.3 is 0 Å². The fraction of sp³-hybridized carbons (Fsp3) is 0.538. The lowest BCUT2D eigenvalue weighted by molar-refractivity contribution is 0.331. The Morgan fingerprint density at radius 2 is 2.00 bits per heavy atom. The van der Waals surface area contributed by atoms with Gasteiger partial charge in [0.15, 0.2) is 0 Å². The topological polar surface area (TPSA) is 46.2 Å². The molecule has 1 aromatic rings. The van der Waals surface area contributed by atoms with E-state index in [1.54, 1.807) is 12.1 Å². The predicted molar refractivity (Wildman–Crippen MR) is 80.4 cm³/mol. The van der Waals surface area contributed by atoms with Gasteiger partial charge in [0.1, 0.15) is 0 Å². The quantitative estimate of drug-likeness (QED) is 0.778. The van der Waals surface area contributed by atoms with E-state index in [2.05, 4.69) is 4.72 Å². The maximum atomic E-state index is 12.1. The minimum atomic E-state index is -3.51. The Morgan fingerprint density at radius 3 is 2.58 bits per heavy atom. The molecule has 6 heteroatoms. The highest BCUT2D eigenvalue weighted by atomic mass is 35.5. The van der Waals surface area contributed by atoms with Crippen LogP contribution in [0.15, 0.2) is 29.2 Å². The Bertz CT molecular complexity index is 515. The zero-order chi connectivity index (χ0) is 14.5. The highest BCUT2D eigenvalue weighted by molar-refractivity contribution is 7.89. The largest absolute Gasteiger partial charge is 0.240 e. The van der Waals surface area contributed by atoms with Crippen molar-refractivity contribution in [2.24, 2.45) is 5.41 Å². The van der Waals surface area contributed by atoms with Crippen molar-refractivity contribution in [3.63, 3.8) is 0 Å². The van der Waals surface area contributed by atoms with Crippen molar-refractivity contribution in [3.8, 4) is 0 Å². The first-order valence-electron chi connectivity index (χ1n) is 6.08. The van der Waals surface area contributed by atoms with Gasteiger partial charge < -0.3 is 0 Å². The molecule has 0 heterocycles. The van der Waals surface area contributed by atoms with Crippen LogP contribution in [-0.2, 0) is 10.0 Å². The molecule has 0 aromatic heterocycles. The Morgan fingerprint density at radius 1 is 1.32 bits per heavy atom. The van der Waals surface area contributed by atoms with Gasteiger partial charge in [0, 0.05) is 17.4 Å². The van der Waals surface area contributed by atoms with Crippen LogP contribution >= 0.6 is 23.2 Å². The molecule has 1 aromatic carbocycles. The van der Waals surface area contributed by atoms with Crippen molar-refractivity contribution >= 4 is 33.2 Å². The molecule has 19 heavy (non-hydrogen) atoms. The van der Waals surface area contributed by atoms with E-state index >= 15 is 0 Å². The van der Waals surface area contributed by atoms with Gasteiger partial charge in [-0.2, -0.15) is 0 Å². The Hall–Kier alpha value is -0.290. The molecule has 1 N–H and O–H groups in total. The van der Waals surface area contributed by atoms with Gasteiger partial charge in [0.25, 0.3) is 0 Å². The first-order valence-corrected chi connectivity index (χ1v) is 8.48. The number of sulfonamides is 1. The Labute approximate surface area is 125 Å². The molecule has 0 saturated carbocycles. The lowest BCUT2D eigenvalue weighted by Crippen LogP contribution is -2.34. The van der Waals surface area contributed by atoms with Crippen LogP contribution in [0.5, 0.6) is 0 Å². The van der Waals surface area contributed by atoms with E-state index in [0.717, 1.165) is 12.8 Å². The Balaban J connectivity index is 2.71. The fourth-order valence-corrected chi connectivity index (χ4v) is 3.32. The molecular weight excluding hydrogens is 305 g/mol. The second-order valence-corrected chi connectivity index (χ2v) is 7.82. The van der Waals surface area contributed by atoms with Crippen LogP contribution in [0.2, 0.25) is 5.02 Å². The van der Waals surface area contributed by atoms with Crippen molar-refractivity contribution in [2.75, 3.05) is 12.4 Å². The third-order valence-electron chi connectivity index (χ3n) is 2.83. The molecule has 0 bridgehead atoms. The standard InChI is InChI=1S/C13H19Cl2NO2S/c1-13(2,7-4-8-14)10-16-19(17,18)12-6-3-5-11(15)9-12/h3,5-6,9,16H,4,7-8,10H2,1-2H3. The molecule has 0 amide bonds. The monoisotopic (exact) mass is 323 g/mol. The van der Waals surface area contributed by atoms with Gasteiger partial charge in [-0.25, -0.2) is 13.1 Å². The summed E-state index contributed by atoms with van der Waals surface area (Å²) in [5.41, 5.74) is -0.124. The summed E-state index contributed by atoms with van der Waals surface area (Å²) >= 11 is 11.5. The lowest BCUT2D eigenvalue weighted by Gasteiger charge is -2.24. The van der Waals surface area contributed by atoms with Gasteiger partial charge in [-0.3, -0.25) is 0 Å². The van der Waals surface area contributed by atoms with Crippen LogP contribution < -0.4 is 4.72 Å². The summed E-state index contributed by atoms with van der Waals surface area (Å²) in [6.07, 6.45) is 1.74. The summed E-state index contributed by atoms with van der Waals surface area (Å²) < 4.78 is 26.8. The van der Waals surface area contributed by atoms with Crippen LogP contribution in [0.1, 0.15) is 26.7 Å². The smallest absolute Gasteiger partial charge is 0.211 e. The summed E-state index contributed by atoms with van der Waals surface area (Å²) in [7, 11) is -3.51. The molecule has 1 rings (SSSR count). The normalized spacial score (nSPS) is 12.6. The second kappa shape index (κ2) is 6.93. The van der Waals surface area contributed by atoms with E-state index in [4.69, 9.17) is 23.2 Å². The molecule has 0 aliphatic carbocycles. The van der Waals surface area contributed by atoms with Crippen LogP contribution in [0.4, 0.5) is 0 Å². The number of rotatable bonds is 7. The van der Waals surface area contributed by atoms with Crippen molar-refractivity contribution in [3.05, 3.63) is 29.3 Å². The number of alkyl halides is 1. The average molecular weight is 324 g/mol. The zero-order valence-corrected chi connectivity index (χ0v) is 13.4. The average Bonchev–Trinajstić information content (AvgIpc) is 2.34. The molecule has 0 radical (unpaired) electrons. The fourth-order valence-electron chi connectivity index (χ4n) is 1.64. The molecule has 0 aliphatic heterocycles. The minimum absolute atomic E-state index is 0.124. The maximum absolute atomic E-state index is 12.1. The highest BCUT2D eigenvalue weighted by Crippen LogP contribution is 2.23. The number of nitrogens with one attached hydrogen (secondary N) is 1. The van der Waals surface area contributed by atoms with E-state index in [-0.39, 0.29) is 10.3 Å². The van der Waals surface area contributed by atoms with Crippen LogP contribution in [0.25, 0.3) is 0 Å². The molecule has 0 atom stereocenters. The van der Waals surface area contributed by atoms with Gasteiger partial charge in [0.05, 0.1) is 4.90 Å². The van der Waals surface area contributed by atoms with Crippen LogP contribution in [-0.4, -0.2) is 20.8 Å². The summed E-state index contributed by atoms with van der Waals surface area (Å²) in [4.78, 5) is 0.188. The first-order chi connectivity index (χ1) is 8.77. The summed E-state index contributed by atoms with van der Waals surface area (Å²) in [6.45, 7) is 4.40. The summed E-state index contributed by atoms with van der Waals surface area (Å²) in [5.74, 6) is 0.588. The van der Waals surface area contributed by atoms with Gasteiger partial charge in [-0.05, 0) is 36.5 Å². The highest BCUT2D eigenvalue weighted by Gasteiger charge is 2.22. The van der Waals surface area contributed by atoms with E-state index in [1.165, 1.54) is 12.1 Å². The zero-order valence-electron chi connectivity index (χ0n) is 11.1. The molecule has 0 unspecified atom stereocenters. The summed E-state index contributed by atoms with van der Waals surface area (Å²) in [5, 5.41) is 0.407. The Kier molecular flexibility index (Phi) is 6.12. The molecular formula is C13H19Cl2NO2S. The number of halogens is 2. The van der Waals surface area contributed by atoms with E-state index < -0.39 is 10.0 Å². The molecule has 108 valence electrons. The lowest BCUT2D eigenvalue weighted by atomic mass is 9.88. The third kappa shape index (κ3) is 5.69. The van der Waals surface area contributed by atoms with Gasteiger partial charge in [-0.1, -0.05) is 31.5 Å². The van der Waals surface area contributed by atoms with E-state index in [0.29, 0.717) is 17.4 Å². The minimum Gasteiger partial charge on any atom is -0.211 e. The van der Waals surface area contributed by atoms with Gasteiger partial charge in [-0.15, -0.1) is 11.6 Å². The molecule has 0 saturated heterocycles. The van der Waals surface area contributed by atoms with Crippen molar-refractivity contribution in [1.82, 2.24) is 4.72 Å². The van der Waals surface area contributed by atoms with Crippen LogP contribution in [0, 0.1) is 5.41 Å². The van der Waals surface area contributed by atoms with Crippen molar-refractivity contribution in [1.29, 1.82) is 0 Å². The molecule has 0 aliphatic rings. The molecule has 0 spiro atoms. The van der Waals surface area contributed by atoms with Gasteiger partial charge in [0.2, 0.25) is 10.0 Å².